The molecule has 1 fully saturated rings. The third-order valence-electron chi connectivity index (χ3n) is 3.94. The van der Waals surface area contributed by atoms with Crippen molar-refractivity contribution in [2.75, 3.05) is 20.3 Å². The number of halogens is 1. The van der Waals surface area contributed by atoms with Crippen LogP contribution in [0.15, 0.2) is 53.0 Å². The first-order chi connectivity index (χ1) is 10.7. The molecule has 3 rings (SSSR count). The van der Waals surface area contributed by atoms with Crippen LogP contribution in [0.1, 0.15) is 17.5 Å². The van der Waals surface area contributed by atoms with E-state index in [4.69, 9.17) is 14.2 Å². The normalized spacial score (nSPS) is 16.6. The van der Waals surface area contributed by atoms with Gasteiger partial charge >= 0.3 is 0 Å². The van der Waals surface area contributed by atoms with Gasteiger partial charge in [-0.05, 0) is 24.1 Å². The number of aryl methyl sites for hydroxylation is 1. The van der Waals surface area contributed by atoms with Crippen molar-refractivity contribution >= 4 is 15.9 Å². The van der Waals surface area contributed by atoms with Gasteiger partial charge in [-0.3, -0.25) is 0 Å². The summed E-state index contributed by atoms with van der Waals surface area (Å²) in [6, 6.07) is 16.3. The zero-order chi connectivity index (χ0) is 15.4. The maximum atomic E-state index is 5.97. The number of benzene rings is 2. The van der Waals surface area contributed by atoms with E-state index in [0.717, 1.165) is 34.2 Å². The fourth-order valence-corrected chi connectivity index (χ4v) is 3.17. The van der Waals surface area contributed by atoms with Gasteiger partial charge in [0, 0.05) is 16.5 Å². The monoisotopic (exact) mass is 362 g/mol. The minimum Gasteiger partial charge on any atom is -0.496 e. The molecule has 0 N–H and O–H groups in total. The number of hydrogen-bond acceptors (Lipinski definition) is 3. The van der Waals surface area contributed by atoms with E-state index in [-0.39, 0.29) is 0 Å². The number of ether oxygens (including phenoxy) is 3. The molecular weight excluding hydrogens is 344 g/mol. The molecule has 3 nitrogen and oxygen atoms in total. The van der Waals surface area contributed by atoms with E-state index in [1.165, 1.54) is 0 Å². The number of hydrogen-bond donors (Lipinski definition) is 0. The average molecular weight is 363 g/mol. The molecule has 0 amide bonds. The summed E-state index contributed by atoms with van der Waals surface area (Å²) in [6.07, 6.45) is 1.58. The minimum atomic E-state index is -0.640. The van der Waals surface area contributed by atoms with E-state index in [0.29, 0.717) is 13.2 Å². The predicted octanol–water partition coefficient (Wildman–Crippen LogP) is 4.29. The lowest BCUT2D eigenvalue weighted by Gasteiger charge is -2.28. The molecule has 0 aliphatic carbocycles. The summed E-state index contributed by atoms with van der Waals surface area (Å²) in [4.78, 5) is 0. The van der Waals surface area contributed by atoms with E-state index in [2.05, 4.69) is 34.1 Å². The molecule has 1 aliphatic rings. The highest BCUT2D eigenvalue weighted by Gasteiger charge is 2.38. The van der Waals surface area contributed by atoms with Crippen LogP contribution in [-0.4, -0.2) is 20.3 Å². The standard InChI is InChI=1S/C18H19BrO3/c1-20-17-13-16(19)8-7-14(17)9-10-18(21-11-12-22-18)15-5-3-2-4-6-15/h2-8,13H,9-12H2,1H3. The van der Waals surface area contributed by atoms with Gasteiger partial charge in [-0.1, -0.05) is 52.3 Å². The molecule has 0 radical (unpaired) electrons. The summed E-state index contributed by atoms with van der Waals surface area (Å²) >= 11 is 3.47. The summed E-state index contributed by atoms with van der Waals surface area (Å²) in [7, 11) is 1.70. The summed E-state index contributed by atoms with van der Waals surface area (Å²) < 4.78 is 18.4. The van der Waals surface area contributed by atoms with Crippen molar-refractivity contribution < 1.29 is 14.2 Å². The lowest BCUT2D eigenvalue weighted by atomic mass is 9.97. The van der Waals surface area contributed by atoms with Gasteiger partial charge in [0.15, 0.2) is 5.79 Å². The first-order valence-corrected chi connectivity index (χ1v) is 8.19. The van der Waals surface area contributed by atoms with Crippen molar-refractivity contribution in [2.45, 2.75) is 18.6 Å². The van der Waals surface area contributed by atoms with Crippen molar-refractivity contribution in [3.63, 3.8) is 0 Å². The van der Waals surface area contributed by atoms with Gasteiger partial charge in [0.1, 0.15) is 5.75 Å². The molecular formula is C18H19BrO3. The van der Waals surface area contributed by atoms with E-state index in [9.17, 15) is 0 Å². The van der Waals surface area contributed by atoms with Crippen LogP contribution < -0.4 is 4.74 Å². The Bertz CT molecular complexity index is 621. The maximum absolute atomic E-state index is 5.97. The fourth-order valence-electron chi connectivity index (χ4n) is 2.83. The van der Waals surface area contributed by atoms with Crippen LogP contribution in [-0.2, 0) is 21.7 Å². The van der Waals surface area contributed by atoms with Gasteiger partial charge < -0.3 is 14.2 Å². The second-order valence-corrected chi connectivity index (χ2v) is 6.19. The molecule has 1 aliphatic heterocycles. The van der Waals surface area contributed by atoms with Crippen LogP contribution in [0.4, 0.5) is 0 Å². The average Bonchev–Trinajstić information content (AvgIpc) is 3.04. The van der Waals surface area contributed by atoms with Crippen molar-refractivity contribution in [1.82, 2.24) is 0 Å². The fraction of sp³-hybridized carbons (Fsp3) is 0.333. The van der Waals surface area contributed by atoms with Crippen LogP contribution in [0.25, 0.3) is 0 Å². The summed E-state index contributed by atoms with van der Waals surface area (Å²) in [5.74, 6) is 0.245. The third-order valence-corrected chi connectivity index (χ3v) is 4.43. The van der Waals surface area contributed by atoms with Crippen LogP contribution in [0.5, 0.6) is 5.75 Å². The molecule has 0 unspecified atom stereocenters. The molecule has 116 valence electrons. The Balaban J connectivity index is 1.81. The second kappa shape index (κ2) is 6.82. The topological polar surface area (TPSA) is 27.7 Å². The lowest BCUT2D eigenvalue weighted by Crippen LogP contribution is -2.27. The van der Waals surface area contributed by atoms with Gasteiger partial charge in [-0.2, -0.15) is 0 Å². The van der Waals surface area contributed by atoms with Crippen molar-refractivity contribution in [3.05, 3.63) is 64.1 Å². The molecule has 0 bridgehead atoms. The van der Waals surface area contributed by atoms with Gasteiger partial charge in [0.25, 0.3) is 0 Å². The van der Waals surface area contributed by atoms with E-state index < -0.39 is 5.79 Å². The first kappa shape index (κ1) is 15.5. The Kier molecular flexibility index (Phi) is 4.81. The lowest BCUT2D eigenvalue weighted by molar-refractivity contribution is -0.170. The first-order valence-electron chi connectivity index (χ1n) is 7.39. The van der Waals surface area contributed by atoms with Crippen LogP contribution in [0.3, 0.4) is 0 Å². The van der Waals surface area contributed by atoms with Gasteiger partial charge in [0.05, 0.1) is 20.3 Å². The smallest absolute Gasteiger partial charge is 0.195 e. The van der Waals surface area contributed by atoms with Crippen molar-refractivity contribution in [1.29, 1.82) is 0 Å². The van der Waals surface area contributed by atoms with Gasteiger partial charge in [-0.15, -0.1) is 0 Å². The predicted molar refractivity (Wildman–Crippen MR) is 89.0 cm³/mol. The Morgan fingerprint density at radius 1 is 1.09 bits per heavy atom. The van der Waals surface area contributed by atoms with Crippen molar-refractivity contribution in [2.24, 2.45) is 0 Å². The Morgan fingerprint density at radius 3 is 2.50 bits per heavy atom. The molecule has 4 heteroatoms. The SMILES string of the molecule is COc1cc(Br)ccc1CCC1(c2ccccc2)OCCO1. The zero-order valence-corrected chi connectivity index (χ0v) is 14.1. The van der Waals surface area contributed by atoms with E-state index in [1.807, 2.05) is 30.3 Å². The molecule has 2 aromatic carbocycles. The molecule has 0 spiro atoms. The van der Waals surface area contributed by atoms with E-state index in [1.54, 1.807) is 7.11 Å². The number of rotatable bonds is 5. The molecule has 22 heavy (non-hydrogen) atoms. The Morgan fingerprint density at radius 2 is 1.82 bits per heavy atom. The second-order valence-electron chi connectivity index (χ2n) is 5.27. The maximum Gasteiger partial charge on any atom is 0.195 e. The summed E-state index contributed by atoms with van der Waals surface area (Å²) in [5.41, 5.74) is 2.23. The molecule has 2 aromatic rings. The highest BCUT2D eigenvalue weighted by molar-refractivity contribution is 9.10. The molecule has 0 atom stereocenters. The molecule has 0 saturated carbocycles. The largest absolute Gasteiger partial charge is 0.496 e. The molecule has 1 saturated heterocycles. The summed E-state index contributed by atoms with van der Waals surface area (Å²) in [6.45, 7) is 1.26. The Hall–Kier alpha value is -1.36. The highest BCUT2D eigenvalue weighted by Crippen LogP contribution is 2.37. The van der Waals surface area contributed by atoms with Crippen LogP contribution in [0.2, 0.25) is 0 Å². The molecule has 1 heterocycles. The van der Waals surface area contributed by atoms with Gasteiger partial charge in [-0.25, -0.2) is 0 Å². The van der Waals surface area contributed by atoms with E-state index >= 15 is 0 Å². The van der Waals surface area contributed by atoms with Crippen LogP contribution in [0, 0.1) is 0 Å². The minimum absolute atomic E-state index is 0.631. The third kappa shape index (κ3) is 3.19. The highest BCUT2D eigenvalue weighted by atomic mass is 79.9. The van der Waals surface area contributed by atoms with Crippen LogP contribution >= 0.6 is 15.9 Å². The summed E-state index contributed by atoms with van der Waals surface area (Å²) in [5, 5.41) is 0. The van der Waals surface area contributed by atoms with Crippen molar-refractivity contribution in [3.8, 4) is 5.75 Å². The number of methoxy groups -OCH3 is 1. The Labute approximate surface area is 139 Å². The molecule has 0 aromatic heterocycles. The zero-order valence-electron chi connectivity index (χ0n) is 12.5. The van der Waals surface area contributed by atoms with Gasteiger partial charge in [0.2, 0.25) is 0 Å². The quantitative estimate of drug-likeness (QED) is 0.793.